The van der Waals surface area contributed by atoms with Crippen molar-refractivity contribution < 1.29 is 4.79 Å². The predicted molar refractivity (Wildman–Crippen MR) is 102 cm³/mol. The van der Waals surface area contributed by atoms with Gasteiger partial charge in [-0.25, -0.2) is 4.98 Å². The van der Waals surface area contributed by atoms with Gasteiger partial charge in [-0.15, -0.1) is 10.2 Å². The Hall–Kier alpha value is -3.06. The summed E-state index contributed by atoms with van der Waals surface area (Å²) in [6.07, 6.45) is 6.51. The Kier molecular flexibility index (Phi) is 4.45. The molecule has 0 saturated heterocycles. The van der Waals surface area contributed by atoms with Gasteiger partial charge in [0.1, 0.15) is 5.69 Å². The summed E-state index contributed by atoms with van der Waals surface area (Å²) in [7, 11) is 0. The lowest BCUT2D eigenvalue weighted by atomic mass is 10.0. The van der Waals surface area contributed by atoms with E-state index < -0.39 is 0 Å². The van der Waals surface area contributed by atoms with Crippen molar-refractivity contribution in [3.8, 4) is 11.5 Å². The molecule has 8 heteroatoms. The Morgan fingerprint density at radius 3 is 2.85 bits per heavy atom. The van der Waals surface area contributed by atoms with Crippen LogP contribution in [0.25, 0.3) is 17.6 Å². The molecule has 0 radical (unpaired) electrons. The summed E-state index contributed by atoms with van der Waals surface area (Å²) >= 11 is 6.35. The van der Waals surface area contributed by atoms with E-state index in [0.717, 1.165) is 5.56 Å². The number of hydrogen-bond donors (Lipinski definition) is 0. The zero-order valence-electron chi connectivity index (χ0n) is 14.8. The van der Waals surface area contributed by atoms with Crippen LogP contribution in [0.3, 0.4) is 0 Å². The molecule has 1 aromatic carbocycles. The van der Waals surface area contributed by atoms with Gasteiger partial charge in [-0.05, 0) is 18.6 Å². The predicted octanol–water partition coefficient (Wildman–Crippen LogP) is 3.00. The van der Waals surface area contributed by atoms with Gasteiger partial charge in [-0.2, -0.15) is 0 Å². The van der Waals surface area contributed by atoms with Crippen molar-refractivity contribution in [2.45, 2.75) is 20.0 Å². The maximum Gasteiger partial charge on any atom is 0.254 e. The largest absolute Gasteiger partial charge is 0.329 e. The Morgan fingerprint density at radius 2 is 2.11 bits per heavy atom. The molecule has 7 nitrogen and oxygen atoms in total. The van der Waals surface area contributed by atoms with Crippen LogP contribution in [0.5, 0.6) is 0 Å². The summed E-state index contributed by atoms with van der Waals surface area (Å²) in [5.74, 6) is 1.28. The topological polar surface area (TPSA) is 76.8 Å². The van der Waals surface area contributed by atoms with E-state index in [4.69, 9.17) is 11.6 Å². The third-order valence-corrected chi connectivity index (χ3v) is 5.14. The number of carbonyl (C=O) groups is 1. The Balaban J connectivity index is 1.63. The first-order valence-corrected chi connectivity index (χ1v) is 8.87. The number of benzene rings is 1. The van der Waals surface area contributed by atoms with E-state index in [0.29, 0.717) is 53.1 Å². The summed E-state index contributed by atoms with van der Waals surface area (Å²) < 4.78 is 1.98. The van der Waals surface area contributed by atoms with Gasteiger partial charge in [-0.1, -0.05) is 30.3 Å². The van der Waals surface area contributed by atoms with Crippen molar-refractivity contribution in [2.24, 2.45) is 0 Å². The van der Waals surface area contributed by atoms with Gasteiger partial charge in [0, 0.05) is 36.6 Å². The summed E-state index contributed by atoms with van der Waals surface area (Å²) in [5, 5.41) is 9.02. The molecular formula is C19H17ClN6O. The van der Waals surface area contributed by atoms with Gasteiger partial charge in [0.15, 0.2) is 11.6 Å². The average Bonchev–Trinajstić information content (AvgIpc) is 3.13. The number of aromatic nitrogens is 5. The minimum absolute atomic E-state index is 0.0953. The number of nitrogens with zero attached hydrogens (tertiary/aromatic N) is 6. The van der Waals surface area contributed by atoms with E-state index in [1.165, 1.54) is 0 Å². The zero-order valence-corrected chi connectivity index (χ0v) is 15.5. The molecular weight excluding hydrogens is 364 g/mol. The number of rotatable bonds is 3. The first-order valence-electron chi connectivity index (χ1n) is 8.49. The van der Waals surface area contributed by atoms with Gasteiger partial charge in [-0.3, -0.25) is 9.78 Å². The second-order valence-corrected chi connectivity index (χ2v) is 6.65. The third-order valence-electron chi connectivity index (χ3n) is 4.64. The van der Waals surface area contributed by atoms with Crippen LogP contribution < -0.4 is 0 Å². The smallest absolute Gasteiger partial charge is 0.254 e. The second kappa shape index (κ2) is 6.92. The molecule has 1 aliphatic heterocycles. The molecule has 3 heterocycles. The Bertz CT molecular complexity index is 1030. The number of hydrogen-bond acceptors (Lipinski definition) is 5. The highest BCUT2D eigenvalue weighted by Crippen LogP contribution is 2.27. The molecule has 0 atom stereocenters. The van der Waals surface area contributed by atoms with Crippen LogP contribution in [0.1, 0.15) is 27.3 Å². The molecule has 3 aromatic rings. The molecule has 2 aromatic heterocycles. The molecule has 0 spiro atoms. The van der Waals surface area contributed by atoms with Crippen molar-refractivity contribution in [3.63, 3.8) is 0 Å². The van der Waals surface area contributed by atoms with Gasteiger partial charge in [0.2, 0.25) is 0 Å². The molecule has 0 unspecified atom stereocenters. The van der Waals surface area contributed by atoms with E-state index in [-0.39, 0.29) is 5.91 Å². The molecule has 136 valence electrons. The Morgan fingerprint density at radius 1 is 1.26 bits per heavy atom. The van der Waals surface area contributed by atoms with Crippen LogP contribution in [-0.2, 0) is 13.1 Å². The maximum absolute atomic E-state index is 13.1. The van der Waals surface area contributed by atoms with E-state index >= 15 is 0 Å². The van der Waals surface area contributed by atoms with Gasteiger partial charge >= 0.3 is 0 Å². The normalized spacial score (nSPS) is 13.3. The zero-order chi connectivity index (χ0) is 19.0. The molecule has 1 aliphatic rings. The van der Waals surface area contributed by atoms with Crippen LogP contribution >= 0.6 is 11.6 Å². The molecule has 27 heavy (non-hydrogen) atoms. The lowest BCUT2D eigenvalue weighted by molar-refractivity contribution is 0.0707. The fourth-order valence-electron chi connectivity index (χ4n) is 3.19. The van der Waals surface area contributed by atoms with Crippen LogP contribution in [0, 0.1) is 6.92 Å². The van der Waals surface area contributed by atoms with Crippen molar-refractivity contribution in [1.82, 2.24) is 29.6 Å². The minimum Gasteiger partial charge on any atom is -0.329 e. The van der Waals surface area contributed by atoms with Gasteiger partial charge in [0.05, 0.1) is 17.8 Å². The number of carbonyl (C=O) groups excluding carboxylic acids is 1. The van der Waals surface area contributed by atoms with Crippen LogP contribution in [-0.4, -0.2) is 42.1 Å². The van der Waals surface area contributed by atoms with Gasteiger partial charge < -0.3 is 9.47 Å². The second-order valence-electron chi connectivity index (χ2n) is 6.27. The lowest BCUT2D eigenvalue weighted by Crippen LogP contribution is -2.39. The van der Waals surface area contributed by atoms with Gasteiger partial charge in [0.25, 0.3) is 5.91 Å². The lowest BCUT2D eigenvalue weighted by Gasteiger charge is -2.28. The first kappa shape index (κ1) is 17.4. The van der Waals surface area contributed by atoms with Crippen molar-refractivity contribution in [1.29, 1.82) is 0 Å². The highest BCUT2D eigenvalue weighted by molar-refractivity contribution is 6.33. The van der Waals surface area contributed by atoms with Crippen molar-refractivity contribution in [3.05, 3.63) is 64.8 Å². The first-order chi connectivity index (χ1) is 13.1. The van der Waals surface area contributed by atoms with Crippen molar-refractivity contribution in [2.75, 3.05) is 6.54 Å². The molecule has 0 N–H and O–H groups in total. The third kappa shape index (κ3) is 3.00. The molecule has 4 rings (SSSR count). The van der Waals surface area contributed by atoms with Crippen LogP contribution in [0.15, 0.2) is 37.3 Å². The quantitative estimate of drug-likeness (QED) is 0.698. The Labute approximate surface area is 161 Å². The molecule has 0 bridgehead atoms. The van der Waals surface area contributed by atoms with E-state index in [9.17, 15) is 4.79 Å². The SMILES string of the molecule is C=Cc1c(C(=O)N2CCn3c(nnc3-c3cnccn3)C2)ccc(C)c1Cl. The fourth-order valence-corrected chi connectivity index (χ4v) is 3.44. The molecule has 0 saturated carbocycles. The fraction of sp³-hybridized carbons (Fsp3) is 0.211. The van der Waals surface area contributed by atoms with Crippen molar-refractivity contribution >= 4 is 23.6 Å². The standard InChI is InChI=1S/C19H17ClN6O/c1-3-13-14(5-4-12(2)17(13)20)19(27)25-8-9-26-16(11-25)23-24-18(26)15-10-21-6-7-22-15/h3-7,10H,1,8-9,11H2,2H3. The minimum atomic E-state index is -0.0953. The van der Waals surface area contributed by atoms with E-state index in [2.05, 4.69) is 26.7 Å². The van der Waals surface area contributed by atoms with Crippen LogP contribution in [0.2, 0.25) is 5.02 Å². The van der Waals surface area contributed by atoms with E-state index in [1.54, 1.807) is 35.6 Å². The summed E-state index contributed by atoms with van der Waals surface area (Å²) in [4.78, 5) is 23.2. The number of fused-ring (bicyclic) bond motifs is 1. The average molecular weight is 381 g/mol. The maximum atomic E-state index is 13.1. The number of amides is 1. The molecule has 0 fully saturated rings. The highest BCUT2D eigenvalue weighted by Gasteiger charge is 2.27. The van der Waals surface area contributed by atoms with Crippen LogP contribution in [0.4, 0.5) is 0 Å². The molecule has 1 amide bonds. The van der Waals surface area contributed by atoms with E-state index in [1.807, 2.05) is 17.6 Å². The highest BCUT2D eigenvalue weighted by atomic mass is 35.5. The number of halogens is 1. The summed E-state index contributed by atoms with van der Waals surface area (Å²) in [5.41, 5.74) is 2.78. The monoisotopic (exact) mass is 380 g/mol. The summed E-state index contributed by atoms with van der Waals surface area (Å²) in [6.45, 7) is 7.20. The number of aryl methyl sites for hydroxylation is 1. The molecule has 0 aliphatic carbocycles. The summed E-state index contributed by atoms with van der Waals surface area (Å²) in [6, 6.07) is 3.64.